The molecule has 2 aromatic heterocycles. The zero-order valence-corrected chi connectivity index (χ0v) is 16.9. The summed E-state index contributed by atoms with van der Waals surface area (Å²) in [4.78, 5) is 16.2. The van der Waals surface area contributed by atoms with Crippen molar-refractivity contribution in [2.45, 2.75) is 13.8 Å². The molecule has 0 saturated heterocycles. The van der Waals surface area contributed by atoms with Gasteiger partial charge in [0.1, 0.15) is 11.3 Å². The Bertz CT molecular complexity index is 1210. The van der Waals surface area contributed by atoms with E-state index in [0.717, 1.165) is 11.1 Å². The molecule has 2 aromatic carbocycles. The Morgan fingerprint density at radius 3 is 2.52 bits per heavy atom. The van der Waals surface area contributed by atoms with Crippen LogP contribution >= 0.6 is 11.3 Å². The van der Waals surface area contributed by atoms with Gasteiger partial charge < -0.3 is 14.4 Å². The molecule has 0 fully saturated rings. The molecule has 0 radical (unpaired) electrons. The van der Waals surface area contributed by atoms with Crippen molar-refractivity contribution in [3.63, 3.8) is 0 Å². The summed E-state index contributed by atoms with van der Waals surface area (Å²) in [6.07, 6.45) is 0. The first-order valence-electron chi connectivity index (χ1n) is 8.87. The van der Waals surface area contributed by atoms with Crippen molar-refractivity contribution in [3.05, 3.63) is 63.8 Å². The van der Waals surface area contributed by atoms with Crippen molar-refractivity contribution < 1.29 is 19.2 Å². The molecule has 0 bridgehead atoms. The molecular weight excluding hydrogens is 388 g/mol. The molecule has 4 aromatic rings. The van der Waals surface area contributed by atoms with E-state index in [1.165, 1.54) is 35.9 Å². The number of carbonyl (C=O) groups is 1. The Balaban J connectivity index is 1.67. The predicted octanol–water partition coefficient (Wildman–Crippen LogP) is 5.24. The zero-order chi connectivity index (χ0) is 20.5. The van der Waals surface area contributed by atoms with Crippen LogP contribution in [0.4, 0.5) is 0 Å². The molecule has 2 heterocycles. The maximum Gasteiger partial charge on any atom is 0.341 e. The van der Waals surface area contributed by atoms with Gasteiger partial charge in [0, 0.05) is 11.1 Å². The van der Waals surface area contributed by atoms with Gasteiger partial charge in [0.05, 0.1) is 7.11 Å². The number of phenols is 1. The maximum absolute atomic E-state index is 11.8. The highest BCUT2D eigenvalue weighted by Crippen LogP contribution is 2.33. The third kappa shape index (κ3) is 3.52. The Morgan fingerprint density at radius 2 is 1.83 bits per heavy atom. The SMILES string of the molecule is COC(=O)c1cc(-c2noc(-c3ccc(-c4cscc4C)c(C)c3)n2)ccc1O. The first kappa shape index (κ1) is 18.9. The quantitative estimate of drug-likeness (QED) is 0.467. The highest BCUT2D eigenvalue weighted by molar-refractivity contribution is 7.08. The van der Waals surface area contributed by atoms with E-state index >= 15 is 0 Å². The number of hydrogen-bond donors (Lipinski definition) is 1. The summed E-state index contributed by atoms with van der Waals surface area (Å²) in [5, 5.41) is 18.2. The number of aromatic nitrogens is 2. The molecule has 0 atom stereocenters. The molecule has 6 nitrogen and oxygen atoms in total. The van der Waals surface area contributed by atoms with Crippen LogP contribution in [0.1, 0.15) is 21.5 Å². The van der Waals surface area contributed by atoms with Crippen LogP contribution in [0, 0.1) is 13.8 Å². The number of carbonyl (C=O) groups excluding carboxylic acids is 1. The van der Waals surface area contributed by atoms with Crippen LogP contribution in [0.15, 0.2) is 51.7 Å². The van der Waals surface area contributed by atoms with Gasteiger partial charge in [-0.15, -0.1) is 0 Å². The Labute approximate surface area is 171 Å². The van der Waals surface area contributed by atoms with E-state index in [1.807, 2.05) is 12.1 Å². The smallest absolute Gasteiger partial charge is 0.341 e. The Hall–Kier alpha value is -3.45. The van der Waals surface area contributed by atoms with Crippen LogP contribution in [0.25, 0.3) is 34.0 Å². The molecule has 1 N–H and O–H groups in total. The lowest BCUT2D eigenvalue weighted by atomic mass is 9.98. The minimum absolute atomic E-state index is 0.0441. The number of methoxy groups -OCH3 is 1. The summed E-state index contributed by atoms with van der Waals surface area (Å²) in [5.41, 5.74) is 6.16. The number of hydrogen-bond acceptors (Lipinski definition) is 7. The highest BCUT2D eigenvalue weighted by atomic mass is 32.1. The van der Waals surface area contributed by atoms with Crippen molar-refractivity contribution in [2.75, 3.05) is 7.11 Å². The highest BCUT2D eigenvalue weighted by Gasteiger charge is 2.17. The normalized spacial score (nSPS) is 10.9. The fourth-order valence-corrected chi connectivity index (χ4v) is 3.99. The minimum Gasteiger partial charge on any atom is -0.507 e. The molecule has 29 heavy (non-hydrogen) atoms. The molecule has 4 rings (SSSR count). The van der Waals surface area contributed by atoms with E-state index in [4.69, 9.17) is 4.52 Å². The number of nitrogens with zero attached hydrogens (tertiary/aromatic N) is 2. The standard InChI is InChI=1S/C22H18N2O4S/c1-12-8-15(4-6-16(12)18-11-29-10-13(18)2)21-23-20(24-28-21)14-5-7-19(25)17(9-14)22(26)27-3/h4-11,25H,1-3H3. The summed E-state index contributed by atoms with van der Waals surface area (Å²) in [6, 6.07) is 10.5. The topological polar surface area (TPSA) is 85.5 Å². The predicted molar refractivity (Wildman–Crippen MR) is 111 cm³/mol. The van der Waals surface area contributed by atoms with Gasteiger partial charge in [0.25, 0.3) is 5.89 Å². The van der Waals surface area contributed by atoms with Crippen LogP contribution in [0.5, 0.6) is 5.75 Å². The van der Waals surface area contributed by atoms with E-state index < -0.39 is 5.97 Å². The van der Waals surface area contributed by atoms with Crippen molar-refractivity contribution in [3.8, 4) is 39.7 Å². The molecule has 0 spiro atoms. The Morgan fingerprint density at radius 1 is 1.03 bits per heavy atom. The van der Waals surface area contributed by atoms with Crippen molar-refractivity contribution in [1.82, 2.24) is 10.1 Å². The lowest BCUT2D eigenvalue weighted by Gasteiger charge is -2.06. The average molecular weight is 406 g/mol. The van der Waals surface area contributed by atoms with E-state index in [-0.39, 0.29) is 11.3 Å². The van der Waals surface area contributed by atoms with Gasteiger partial charge in [-0.2, -0.15) is 16.3 Å². The maximum atomic E-state index is 11.8. The molecule has 7 heteroatoms. The van der Waals surface area contributed by atoms with Crippen LogP contribution in [-0.4, -0.2) is 28.3 Å². The van der Waals surface area contributed by atoms with E-state index in [1.54, 1.807) is 17.4 Å². The second-order valence-electron chi connectivity index (χ2n) is 6.64. The van der Waals surface area contributed by atoms with Crippen molar-refractivity contribution in [2.24, 2.45) is 0 Å². The van der Waals surface area contributed by atoms with Gasteiger partial charge in [-0.05, 0) is 77.2 Å². The van der Waals surface area contributed by atoms with Gasteiger partial charge in [-0.3, -0.25) is 0 Å². The molecule has 0 aliphatic carbocycles. The first-order valence-corrected chi connectivity index (χ1v) is 9.82. The fraction of sp³-hybridized carbons (Fsp3) is 0.136. The van der Waals surface area contributed by atoms with Gasteiger partial charge in [-0.1, -0.05) is 11.2 Å². The van der Waals surface area contributed by atoms with E-state index in [2.05, 4.69) is 45.6 Å². The number of phenolic OH excluding ortho intramolecular Hbond substituents is 1. The number of ether oxygens (including phenoxy) is 1. The molecule has 0 aliphatic heterocycles. The van der Waals surface area contributed by atoms with E-state index in [9.17, 15) is 9.90 Å². The monoisotopic (exact) mass is 406 g/mol. The summed E-state index contributed by atoms with van der Waals surface area (Å²) < 4.78 is 10.1. The van der Waals surface area contributed by atoms with Gasteiger partial charge >= 0.3 is 5.97 Å². The van der Waals surface area contributed by atoms with Crippen molar-refractivity contribution >= 4 is 17.3 Å². The summed E-state index contributed by atoms with van der Waals surface area (Å²) in [5.74, 6) is -0.104. The zero-order valence-electron chi connectivity index (χ0n) is 16.1. The minimum atomic E-state index is -0.636. The summed E-state index contributed by atoms with van der Waals surface area (Å²) in [7, 11) is 1.25. The lowest BCUT2D eigenvalue weighted by molar-refractivity contribution is 0.0597. The molecule has 146 valence electrons. The number of aryl methyl sites for hydroxylation is 2. The average Bonchev–Trinajstić information content (AvgIpc) is 3.37. The number of aromatic hydroxyl groups is 1. The second-order valence-corrected chi connectivity index (χ2v) is 7.39. The van der Waals surface area contributed by atoms with Crippen LogP contribution < -0.4 is 0 Å². The number of benzene rings is 2. The number of thiophene rings is 1. The van der Waals surface area contributed by atoms with Gasteiger partial charge in [-0.25, -0.2) is 4.79 Å². The summed E-state index contributed by atoms with van der Waals surface area (Å²) >= 11 is 1.69. The molecular formula is C22H18N2O4S. The second kappa shape index (κ2) is 7.52. The van der Waals surface area contributed by atoms with Crippen LogP contribution in [-0.2, 0) is 4.74 Å². The lowest BCUT2D eigenvalue weighted by Crippen LogP contribution is -2.01. The fourth-order valence-electron chi connectivity index (χ4n) is 3.14. The molecule has 0 aliphatic rings. The molecule has 0 saturated carbocycles. The van der Waals surface area contributed by atoms with Crippen molar-refractivity contribution in [1.29, 1.82) is 0 Å². The largest absolute Gasteiger partial charge is 0.507 e. The van der Waals surface area contributed by atoms with Crippen LogP contribution in [0.3, 0.4) is 0 Å². The van der Waals surface area contributed by atoms with Gasteiger partial charge in [0.15, 0.2) is 0 Å². The Kier molecular flexibility index (Phi) is 4.90. The van der Waals surface area contributed by atoms with Crippen LogP contribution in [0.2, 0.25) is 0 Å². The third-order valence-corrected chi connectivity index (χ3v) is 5.57. The summed E-state index contributed by atoms with van der Waals surface area (Å²) in [6.45, 7) is 4.15. The van der Waals surface area contributed by atoms with Gasteiger partial charge in [0.2, 0.25) is 5.82 Å². The third-order valence-electron chi connectivity index (χ3n) is 4.71. The number of rotatable bonds is 4. The van der Waals surface area contributed by atoms with E-state index in [0.29, 0.717) is 17.3 Å². The molecule has 0 amide bonds. The number of esters is 1. The molecule has 0 unspecified atom stereocenters. The first-order chi connectivity index (χ1) is 14.0.